The van der Waals surface area contributed by atoms with Gasteiger partial charge in [0.2, 0.25) is 0 Å². The first-order valence-corrected chi connectivity index (χ1v) is 3.95. The van der Waals surface area contributed by atoms with E-state index in [4.69, 9.17) is 5.11 Å². The first-order chi connectivity index (χ1) is 6.22. The van der Waals surface area contributed by atoms with Crippen LogP contribution < -0.4 is 0 Å². The van der Waals surface area contributed by atoms with E-state index in [1.54, 1.807) is 18.2 Å². The molecule has 1 aromatic rings. The summed E-state index contributed by atoms with van der Waals surface area (Å²) in [7, 11) is 3.02. The van der Waals surface area contributed by atoms with Crippen molar-refractivity contribution in [3.05, 3.63) is 36.9 Å². The van der Waals surface area contributed by atoms with E-state index in [2.05, 4.69) is 11.8 Å². The summed E-state index contributed by atoms with van der Waals surface area (Å²) in [6, 6.07) is 6.79. The van der Waals surface area contributed by atoms with Gasteiger partial charge in [-0.15, -0.1) is 0 Å². The molecule has 0 unspecified atom stereocenters. The predicted octanol–water partition coefficient (Wildman–Crippen LogP) is 1.66. The van der Waals surface area contributed by atoms with E-state index in [9.17, 15) is 4.79 Å². The molecular weight excluding hydrogens is 168 g/mol. The summed E-state index contributed by atoms with van der Waals surface area (Å²) in [4.78, 5) is 10.7. The van der Waals surface area contributed by atoms with Gasteiger partial charge in [-0.3, -0.25) is 4.79 Å². The Morgan fingerprint density at radius 3 is 2.92 bits per heavy atom. The third-order valence-electron chi connectivity index (χ3n) is 1.69. The molecule has 0 amide bonds. The zero-order valence-electron chi connectivity index (χ0n) is 7.19. The molecule has 3 heteroatoms. The van der Waals surface area contributed by atoms with Crippen LogP contribution in [0.1, 0.15) is 12.0 Å². The van der Waals surface area contributed by atoms with Gasteiger partial charge < -0.3 is 9.84 Å². The summed E-state index contributed by atoms with van der Waals surface area (Å²) < 4.78 is 4.25. The number of phenolic OH excluding ortho intramolecular Hbond substituents is 1. The number of ether oxygens (including phenoxy) is 1. The first kappa shape index (κ1) is 9.58. The van der Waals surface area contributed by atoms with Crippen molar-refractivity contribution in [2.45, 2.75) is 12.8 Å². The van der Waals surface area contributed by atoms with Gasteiger partial charge in [0, 0.05) is 6.42 Å². The van der Waals surface area contributed by atoms with Gasteiger partial charge in [-0.05, 0) is 24.1 Å². The number of hydrogen-bond donors (Lipinski definition) is 1. The van der Waals surface area contributed by atoms with Crippen LogP contribution in [0.15, 0.2) is 24.3 Å². The lowest BCUT2D eigenvalue weighted by atomic mass is 10.1. The molecular formula is C10H11O3. The molecule has 0 aliphatic carbocycles. The Kier molecular flexibility index (Phi) is 3.31. The second kappa shape index (κ2) is 4.50. The zero-order valence-corrected chi connectivity index (χ0v) is 7.19. The molecule has 0 bridgehead atoms. The fourth-order valence-electron chi connectivity index (χ4n) is 1.03. The van der Waals surface area contributed by atoms with Gasteiger partial charge in [-0.2, -0.15) is 0 Å². The average Bonchev–Trinajstić information content (AvgIpc) is 2.14. The summed E-state index contributed by atoms with van der Waals surface area (Å²) in [6.45, 7) is 0. The van der Waals surface area contributed by atoms with Crippen molar-refractivity contribution in [2.24, 2.45) is 0 Å². The SMILES string of the molecule is [CH2]OC(=O)CCc1cccc(O)c1. The first-order valence-electron chi connectivity index (χ1n) is 3.95. The Morgan fingerprint density at radius 1 is 1.54 bits per heavy atom. The summed E-state index contributed by atoms with van der Waals surface area (Å²) in [5, 5.41) is 9.11. The van der Waals surface area contributed by atoms with Crippen LogP contribution in [-0.2, 0) is 16.0 Å². The Balaban J connectivity index is 2.50. The summed E-state index contributed by atoms with van der Waals surface area (Å²) in [5.41, 5.74) is 0.908. The number of esters is 1. The van der Waals surface area contributed by atoms with Gasteiger partial charge in [0.05, 0.1) is 0 Å². The smallest absolute Gasteiger partial charge is 0.306 e. The highest BCUT2D eigenvalue weighted by Gasteiger charge is 2.01. The maximum absolute atomic E-state index is 10.7. The number of carbonyl (C=O) groups is 1. The van der Waals surface area contributed by atoms with Crippen molar-refractivity contribution >= 4 is 5.97 Å². The van der Waals surface area contributed by atoms with Gasteiger partial charge in [0.25, 0.3) is 0 Å². The highest BCUT2D eigenvalue weighted by atomic mass is 16.5. The van der Waals surface area contributed by atoms with Gasteiger partial charge in [0.15, 0.2) is 0 Å². The van der Waals surface area contributed by atoms with Crippen LogP contribution in [0.25, 0.3) is 0 Å². The summed E-state index contributed by atoms with van der Waals surface area (Å²) in [6.07, 6.45) is 0.843. The highest BCUT2D eigenvalue weighted by Crippen LogP contribution is 2.12. The molecule has 0 atom stereocenters. The average molecular weight is 179 g/mol. The van der Waals surface area contributed by atoms with Gasteiger partial charge in [-0.1, -0.05) is 12.1 Å². The monoisotopic (exact) mass is 179 g/mol. The standard InChI is InChI=1S/C10H11O3/c1-13-10(12)6-5-8-3-2-4-9(11)7-8/h2-4,7,11H,1,5-6H2. The highest BCUT2D eigenvalue weighted by molar-refractivity contribution is 5.69. The largest absolute Gasteiger partial charge is 0.508 e. The summed E-state index contributed by atoms with van der Waals surface area (Å²) in [5.74, 6) is -0.135. The number of phenols is 1. The second-order valence-electron chi connectivity index (χ2n) is 2.69. The molecule has 1 rings (SSSR count). The molecule has 13 heavy (non-hydrogen) atoms. The third-order valence-corrected chi connectivity index (χ3v) is 1.69. The fraction of sp³-hybridized carbons (Fsp3) is 0.200. The Bertz CT molecular complexity index is 294. The molecule has 0 fully saturated rings. The molecule has 1 radical (unpaired) electrons. The lowest BCUT2D eigenvalue weighted by Gasteiger charge is -2.00. The Labute approximate surface area is 77.0 Å². The lowest BCUT2D eigenvalue weighted by molar-refractivity contribution is -0.138. The Morgan fingerprint density at radius 2 is 2.31 bits per heavy atom. The molecule has 0 saturated heterocycles. The van der Waals surface area contributed by atoms with Crippen molar-refractivity contribution in [1.82, 2.24) is 0 Å². The molecule has 0 saturated carbocycles. The van der Waals surface area contributed by atoms with Gasteiger partial charge in [0.1, 0.15) is 12.9 Å². The van der Waals surface area contributed by atoms with E-state index in [1.165, 1.54) is 0 Å². The topological polar surface area (TPSA) is 46.5 Å². The quantitative estimate of drug-likeness (QED) is 0.718. The van der Waals surface area contributed by atoms with Crippen LogP contribution >= 0.6 is 0 Å². The van der Waals surface area contributed by atoms with Gasteiger partial charge >= 0.3 is 5.97 Å². The Hall–Kier alpha value is -1.51. The molecule has 0 heterocycles. The van der Waals surface area contributed by atoms with Gasteiger partial charge in [-0.25, -0.2) is 0 Å². The molecule has 0 aromatic heterocycles. The number of aryl methyl sites for hydroxylation is 1. The number of benzene rings is 1. The third kappa shape index (κ3) is 3.15. The van der Waals surface area contributed by atoms with Crippen LogP contribution in [0.4, 0.5) is 0 Å². The van der Waals surface area contributed by atoms with E-state index in [0.29, 0.717) is 6.42 Å². The van der Waals surface area contributed by atoms with Crippen molar-refractivity contribution in [3.63, 3.8) is 0 Å². The normalized spacial score (nSPS) is 9.62. The van der Waals surface area contributed by atoms with E-state index < -0.39 is 0 Å². The van der Waals surface area contributed by atoms with Crippen LogP contribution in [0, 0.1) is 7.11 Å². The van der Waals surface area contributed by atoms with E-state index in [0.717, 1.165) is 5.56 Å². The molecule has 0 aliphatic rings. The number of aromatic hydroxyl groups is 1. The van der Waals surface area contributed by atoms with Crippen molar-refractivity contribution in [1.29, 1.82) is 0 Å². The van der Waals surface area contributed by atoms with Crippen LogP contribution in [0.3, 0.4) is 0 Å². The molecule has 69 valence electrons. The molecule has 1 N–H and O–H groups in total. The molecule has 0 aliphatic heterocycles. The van der Waals surface area contributed by atoms with Crippen molar-refractivity contribution in [2.75, 3.05) is 0 Å². The van der Waals surface area contributed by atoms with Crippen LogP contribution in [0.5, 0.6) is 5.75 Å². The van der Waals surface area contributed by atoms with Crippen LogP contribution in [-0.4, -0.2) is 11.1 Å². The minimum Gasteiger partial charge on any atom is -0.508 e. The maximum Gasteiger partial charge on any atom is 0.306 e. The maximum atomic E-state index is 10.7. The minimum atomic E-state index is -0.344. The number of hydrogen-bond acceptors (Lipinski definition) is 3. The van der Waals surface area contributed by atoms with E-state index >= 15 is 0 Å². The second-order valence-corrected chi connectivity index (χ2v) is 2.69. The van der Waals surface area contributed by atoms with E-state index in [1.807, 2.05) is 6.07 Å². The summed E-state index contributed by atoms with van der Waals surface area (Å²) >= 11 is 0. The fourth-order valence-corrected chi connectivity index (χ4v) is 1.03. The number of rotatable bonds is 3. The van der Waals surface area contributed by atoms with Crippen molar-refractivity contribution < 1.29 is 14.6 Å². The number of carbonyl (C=O) groups excluding carboxylic acids is 1. The zero-order chi connectivity index (χ0) is 9.68. The van der Waals surface area contributed by atoms with E-state index in [-0.39, 0.29) is 18.1 Å². The van der Waals surface area contributed by atoms with Crippen LogP contribution in [0.2, 0.25) is 0 Å². The molecule has 0 spiro atoms. The lowest BCUT2D eigenvalue weighted by Crippen LogP contribution is -2.00. The molecule has 3 nitrogen and oxygen atoms in total. The van der Waals surface area contributed by atoms with Crippen molar-refractivity contribution in [3.8, 4) is 5.75 Å². The molecule has 1 aromatic carbocycles. The minimum absolute atomic E-state index is 0.209. The predicted molar refractivity (Wildman–Crippen MR) is 47.9 cm³/mol.